The first-order valence-electron chi connectivity index (χ1n) is 8.42. The molecule has 1 heterocycles. The predicted octanol–water partition coefficient (Wildman–Crippen LogP) is 4.77. The van der Waals surface area contributed by atoms with E-state index in [1.807, 2.05) is 24.3 Å². The SMILES string of the molecule is NC(=O)N(CCCc1ccc(C(F)(F)F)cc1)c1cccc2cnccc12. The van der Waals surface area contributed by atoms with Crippen molar-refractivity contribution >= 4 is 22.5 Å². The highest BCUT2D eigenvalue weighted by Gasteiger charge is 2.29. The number of alkyl halides is 3. The molecule has 3 rings (SSSR count). The Labute approximate surface area is 154 Å². The van der Waals surface area contributed by atoms with Gasteiger partial charge >= 0.3 is 12.2 Å². The van der Waals surface area contributed by atoms with Gasteiger partial charge in [0.05, 0.1) is 11.3 Å². The fourth-order valence-corrected chi connectivity index (χ4v) is 2.99. The second kappa shape index (κ2) is 7.65. The Bertz CT molecular complexity index is 934. The van der Waals surface area contributed by atoms with Gasteiger partial charge in [0, 0.05) is 29.7 Å². The second-order valence-corrected chi connectivity index (χ2v) is 6.16. The standard InChI is InChI=1S/C20H18F3N3O/c21-20(22,23)16-8-6-14(7-9-16)3-2-12-26(19(24)27)18-5-1-4-15-13-25-11-10-17(15)18/h1,4-11,13H,2-3,12H2,(H2,24,27). The van der Waals surface area contributed by atoms with Gasteiger partial charge in [0.25, 0.3) is 0 Å². The van der Waals surface area contributed by atoms with Crippen molar-refractivity contribution in [1.29, 1.82) is 0 Å². The van der Waals surface area contributed by atoms with Crippen LogP contribution in [-0.2, 0) is 12.6 Å². The van der Waals surface area contributed by atoms with Crippen molar-refractivity contribution in [2.24, 2.45) is 5.73 Å². The number of anilines is 1. The van der Waals surface area contributed by atoms with Crippen molar-refractivity contribution in [3.05, 3.63) is 72.1 Å². The van der Waals surface area contributed by atoms with E-state index in [-0.39, 0.29) is 0 Å². The maximum absolute atomic E-state index is 12.6. The summed E-state index contributed by atoms with van der Waals surface area (Å²) in [6.45, 7) is 0.359. The van der Waals surface area contributed by atoms with Crippen LogP contribution in [0.4, 0.5) is 23.7 Å². The number of amides is 2. The number of aryl methyl sites for hydroxylation is 1. The van der Waals surface area contributed by atoms with Crippen molar-refractivity contribution in [2.75, 3.05) is 11.4 Å². The van der Waals surface area contributed by atoms with Gasteiger partial charge in [-0.3, -0.25) is 9.88 Å². The Morgan fingerprint density at radius 2 is 1.81 bits per heavy atom. The molecule has 27 heavy (non-hydrogen) atoms. The molecule has 0 saturated heterocycles. The predicted molar refractivity (Wildman–Crippen MR) is 98.4 cm³/mol. The van der Waals surface area contributed by atoms with Crippen LogP contribution in [0.15, 0.2) is 60.9 Å². The molecular formula is C20H18F3N3O. The lowest BCUT2D eigenvalue weighted by molar-refractivity contribution is -0.137. The lowest BCUT2D eigenvalue weighted by atomic mass is 10.1. The summed E-state index contributed by atoms with van der Waals surface area (Å²) in [4.78, 5) is 17.5. The van der Waals surface area contributed by atoms with Crippen LogP contribution in [0.1, 0.15) is 17.5 Å². The molecule has 0 fully saturated rings. The number of halogens is 3. The summed E-state index contributed by atoms with van der Waals surface area (Å²) >= 11 is 0. The number of fused-ring (bicyclic) bond motifs is 1. The van der Waals surface area contributed by atoms with E-state index in [9.17, 15) is 18.0 Å². The highest BCUT2D eigenvalue weighted by Crippen LogP contribution is 2.29. The summed E-state index contributed by atoms with van der Waals surface area (Å²) in [7, 11) is 0. The van der Waals surface area contributed by atoms with Crippen molar-refractivity contribution in [2.45, 2.75) is 19.0 Å². The molecule has 2 N–H and O–H groups in total. The number of primary amides is 1. The summed E-state index contributed by atoms with van der Waals surface area (Å²) in [6, 6.07) is 11.8. The van der Waals surface area contributed by atoms with Gasteiger partial charge in [-0.25, -0.2) is 4.79 Å². The third-order valence-corrected chi connectivity index (χ3v) is 4.34. The quantitative estimate of drug-likeness (QED) is 0.700. The van der Waals surface area contributed by atoms with Crippen LogP contribution in [0.3, 0.4) is 0 Å². The van der Waals surface area contributed by atoms with E-state index in [2.05, 4.69) is 4.98 Å². The third kappa shape index (κ3) is 4.36. The number of hydrogen-bond acceptors (Lipinski definition) is 2. The molecular weight excluding hydrogens is 355 g/mol. The number of nitrogens with two attached hydrogens (primary N) is 1. The third-order valence-electron chi connectivity index (χ3n) is 4.34. The van der Waals surface area contributed by atoms with Crippen LogP contribution < -0.4 is 10.6 Å². The molecule has 7 heteroatoms. The normalized spacial score (nSPS) is 11.5. The molecule has 0 aliphatic carbocycles. The first-order chi connectivity index (χ1) is 12.9. The molecule has 140 valence electrons. The molecule has 0 unspecified atom stereocenters. The van der Waals surface area contributed by atoms with Crippen molar-refractivity contribution in [3.8, 4) is 0 Å². The van der Waals surface area contributed by atoms with Gasteiger partial charge in [-0.05, 0) is 42.7 Å². The number of nitrogens with zero attached hydrogens (tertiary/aromatic N) is 2. The van der Waals surface area contributed by atoms with Crippen molar-refractivity contribution in [3.63, 3.8) is 0 Å². The molecule has 0 aliphatic heterocycles. The van der Waals surface area contributed by atoms with Gasteiger partial charge in [0.1, 0.15) is 0 Å². The number of urea groups is 1. The zero-order valence-corrected chi connectivity index (χ0v) is 14.4. The molecule has 2 amide bonds. The molecule has 4 nitrogen and oxygen atoms in total. The van der Waals surface area contributed by atoms with Crippen molar-refractivity contribution in [1.82, 2.24) is 4.98 Å². The first kappa shape index (κ1) is 18.7. The number of carbonyl (C=O) groups is 1. The van der Waals surface area contributed by atoms with Crippen LogP contribution >= 0.6 is 0 Å². The van der Waals surface area contributed by atoms with E-state index in [1.165, 1.54) is 17.0 Å². The summed E-state index contributed by atoms with van der Waals surface area (Å²) in [5.74, 6) is 0. The highest BCUT2D eigenvalue weighted by molar-refractivity contribution is 6.02. The minimum absolute atomic E-state index is 0.359. The molecule has 0 spiro atoms. The summed E-state index contributed by atoms with van der Waals surface area (Å²) in [5, 5.41) is 1.75. The van der Waals surface area contributed by atoms with Crippen LogP contribution in [0, 0.1) is 0 Å². The second-order valence-electron chi connectivity index (χ2n) is 6.16. The summed E-state index contributed by atoms with van der Waals surface area (Å²) in [5.41, 5.74) is 6.34. The number of pyridine rings is 1. The Kier molecular flexibility index (Phi) is 5.30. The number of carbonyl (C=O) groups excluding carboxylic acids is 1. The number of benzene rings is 2. The van der Waals surface area contributed by atoms with E-state index in [4.69, 9.17) is 5.73 Å². The Morgan fingerprint density at radius 1 is 1.07 bits per heavy atom. The lowest BCUT2D eigenvalue weighted by Crippen LogP contribution is -2.36. The van der Waals surface area contributed by atoms with Crippen LogP contribution in [-0.4, -0.2) is 17.6 Å². The Hall–Kier alpha value is -3.09. The summed E-state index contributed by atoms with van der Waals surface area (Å²) < 4.78 is 37.9. The van der Waals surface area contributed by atoms with E-state index in [0.717, 1.165) is 28.5 Å². The van der Waals surface area contributed by atoms with Gasteiger partial charge in [0.2, 0.25) is 0 Å². The molecule has 2 aromatic carbocycles. The average Bonchev–Trinajstić information content (AvgIpc) is 2.64. The fraction of sp³-hybridized carbons (Fsp3) is 0.200. The Balaban J connectivity index is 1.71. The molecule has 3 aromatic rings. The van der Waals surface area contributed by atoms with Crippen molar-refractivity contribution < 1.29 is 18.0 Å². The molecule has 0 aliphatic rings. The van der Waals surface area contributed by atoms with E-state index in [0.29, 0.717) is 25.1 Å². The Morgan fingerprint density at radius 3 is 2.48 bits per heavy atom. The van der Waals surface area contributed by atoms with Crippen LogP contribution in [0.2, 0.25) is 0 Å². The van der Waals surface area contributed by atoms with Gasteiger partial charge in [-0.2, -0.15) is 13.2 Å². The average molecular weight is 373 g/mol. The molecule has 1 aromatic heterocycles. The largest absolute Gasteiger partial charge is 0.416 e. The van der Waals surface area contributed by atoms with Gasteiger partial charge in [-0.15, -0.1) is 0 Å². The molecule has 0 saturated carbocycles. The lowest BCUT2D eigenvalue weighted by Gasteiger charge is -2.22. The number of rotatable bonds is 5. The zero-order valence-electron chi connectivity index (χ0n) is 14.4. The fourth-order valence-electron chi connectivity index (χ4n) is 2.99. The smallest absolute Gasteiger partial charge is 0.351 e. The maximum atomic E-state index is 12.6. The number of aromatic nitrogens is 1. The van der Waals surface area contributed by atoms with E-state index >= 15 is 0 Å². The zero-order chi connectivity index (χ0) is 19.4. The molecule has 0 radical (unpaired) electrons. The minimum atomic E-state index is -4.34. The highest BCUT2D eigenvalue weighted by atomic mass is 19.4. The van der Waals surface area contributed by atoms with E-state index in [1.54, 1.807) is 12.4 Å². The topological polar surface area (TPSA) is 59.2 Å². The maximum Gasteiger partial charge on any atom is 0.416 e. The van der Waals surface area contributed by atoms with Crippen LogP contribution in [0.25, 0.3) is 10.8 Å². The monoisotopic (exact) mass is 373 g/mol. The summed E-state index contributed by atoms with van der Waals surface area (Å²) in [6.07, 6.45) is 0.113. The van der Waals surface area contributed by atoms with Gasteiger partial charge in [0.15, 0.2) is 0 Å². The first-order valence-corrected chi connectivity index (χ1v) is 8.42. The minimum Gasteiger partial charge on any atom is -0.351 e. The molecule has 0 bridgehead atoms. The van der Waals surface area contributed by atoms with E-state index < -0.39 is 17.8 Å². The number of hydrogen-bond donors (Lipinski definition) is 1. The van der Waals surface area contributed by atoms with Crippen LogP contribution in [0.5, 0.6) is 0 Å². The van der Waals surface area contributed by atoms with Gasteiger partial charge < -0.3 is 5.73 Å². The molecule has 0 atom stereocenters. The van der Waals surface area contributed by atoms with Gasteiger partial charge in [-0.1, -0.05) is 24.3 Å².